The molecule has 0 aliphatic heterocycles. The molecule has 1 saturated carbocycles. The first-order valence-electron chi connectivity index (χ1n) is 8.49. The van der Waals surface area contributed by atoms with Crippen LogP contribution in [-0.4, -0.2) is 11.0 Å². The second kappa shape index (κ2) is 6.47. The highest BCUT2D eigenvalue weighted by Crippen LogP contribution is 2.31. The summed E-state index contributed by atoms with van der Waals surface area (Å²) in [5.74, 6) is 1.74. The summed E-state index contributed by atoms with van der Waals surface area (Å²) < 4.78 is 0. The van der Waals surface area contributed by atoms with Crippen LogP contribution in [0.2, 0.25) is 0 Å². The lowest BCUT2D eigenvalue weighted by Gasteiger charge is -2.29. The average molecular weight is 283 g/mol. The summed E-state index contributed by atoms with van der Waals surface area (Å²) in [7, 11) is 0. The van der Waals surface area contributed by atoms with E-state index >= 15 is 0 Å². The van der Waals surface area contributed by atoms with Gasteiger partial charge in [-0.25, -0.2) is 4.98 Å². The molecule has 1 heterocycles. The zero-order valence-electron chi connectivity index (χ0n) is 13.0. The zero-order valence-corrected chi connectivity index (χ0v) is 13.0. The number of rotatable bonds is 4. The van der Waals surface area contributed by atoms with Gasteiger partial charge in [0, 0.05) is 11.7 Å². The molecule has 0 amide bonds. The number of aryl methyl sites for hydroxylation is 2. The van der Waals surface area contributed by atoms with Crippen molar-refractivity contribution in [3.63, 3.8) is 0 Å². The van der Waals surface area contributed by atoms with Crippen molar-refractivity contribution < 1.29 is 0 Å². The third-order valence-corrected chi connectivity index (χ3v) is 5.06. The van der Waals surface area contributed by atoms with Crippen LogP contribution in [0.1, 0.15) is 68.7 Å². The summed E-state index contributed by atoms with van der Waals surface area (Å²) in [5, 5.41) is 12.9. The summed E-state index contributed by atoms with van der Waals surface area (Å²) in [4.78, 5) is 4.74. The second-order valence-electron chi connectivity index (χ2n) is 6.61. The molecule has 3 heteroatoms. The van der Waals surface area contributed by atoms with Crippen molar-refractivity contribution in [2.24, 2.45) is 5.92 Å². The van der Waals surface area contributed by atoms with Crippen molar-refractivity contribution in [1.82, 2.24) is 4.98 Å². The molecule has 112 valence electrons. The van der Waals surface area contributed by atoms with Gasteiger partial charge in [0.25, 0.3) is 0 Å². The Kier molecular flexibility index (Phi) is 4.43. The quantitative estimate of drug-likeness (QED) is 0.900. The summed E-state index contributed by atoms with van der Waals surface area (Å²) >= 11 is 0. The molecular weight excluding hydrogens is 258 g/mol. The minimum atomic E-state index is 0.497. The SMILES string of the molecule is CCCC1CCC(Nc2nc3c(cc2C#N)CCC3)CC1. The molecule has 0 atom stereocenters. The van der Waals surface area contributed by atoms with E-state index in [1.807, 2.05) is 0 Å². The lowest BCUT2D eigenvalue weighted by Crippen LogP contribution is -2.27. The van der Waals surface area contributed by atoms with Gasteiger partial charge in [-0.15, -0.1) is 0 Å². The fourth-order valence-corrected chi connectivity index (χ4v) is 3.86. The highest BCUT2D eigenvalue weighted by molar-refractivity contribution is 5.55. The number of hydrogen-bond acceptors (Lipinski definition) is 3. The Morgan fingerprint density at radius 3 is 2.81 bits per heavy atom. The number of aromatic nitrogens is 1. The third kappa shape index (κ3) is 3.20. The van der Waals surface area contributed by atoms with E-state index in [0.717, 1.165) is 30.1 Å². The molecule has 1 aromatic rings. The Labute approximate surface area is 127 Å². The van der Waals surface area contributed by atoms with Gasteiger partial charge in [-0.1, -0.05) is 19.8 Å². The van der Waals surface area contributed by atoms with Crippen molar-refractivity contribution in [3.8, 4) is 6.07 Å². The first-order valence-corrected chi connectivity index (χ1v) is 8.49. The monoisotopic (exact) mass is 283 g/mol. The van der Waals surface area contributed by atoms with Gasteiger partial charge in [0.1, 0.15) is 11.9 Å². The molecule has 2 aliphatic carbocycles. The number of hydrogen-bond donors (Lipinski definition) is 1. The maximum absolute atomic E-state index is 9.36. The van der Waals surface area contributed by atoms with E-state index in [4.69, 9.17) is 4.98 Å². The maximum atomic E-state index is 9.36. The lowest BCUT2D eigenvalue weighted by molar-refractivity contribution is 0.318. The van der Waals surface area contributed by atoms with E-state index in [9.17, 15) is 5.26 Å². The van der Waals surface area contributed by atoms with E-state index < -0.39 is 0 Å². The van der Waals surface area contributed by atoms with Crippen molar-refractivity contribution >= 4 is 5.82 Å². The van der Waals surface area contributed by atoms with E-state index in [0.29, 0.717) is 6.04 Å². The van der Waals surface area contributed by atoms with Crippen molar-refractivity contribution in [3.05, 3.63) is 22.9 Å². The first kappa shape index (κ1) is 14.4. The van der Waals surface area contributed by atoms with Gasteiger partial charge in [0.15, 0.2) is 0 Å². The first-order chi connectivity index (χ1) is 10.3. The van der Waals surface area contributed by atoms with E-state index in [2.05, 4.69) is 24.4 Å². The summed E-state index contributed by atoms with van der Waals surface area (Å²) in [6.07, 6.45) is 11.1. The summed E-state index contributed by atoms with van der Waals surface area (Å²) in [6.45, 7) is 2.28. The molecule has 1 N–H and O–H groups in total. The number of fused-ring (bicyclic) bond motifs is 1. The predicted octanol–water partition coefficient (Wildman–Crippen LogP) is 4.21. The van der Waals surface area contributed by atoms with Crippen LogP contribution >= 0.6 is 0 Å². The molecule has 3 rings (SSSR count). The van der Waals surface area contributed by atoms with Crippen LogP contribution in [0.25, 0.3) is 0 Å². The standard InChI is InChI=1S/C18H25N3/c1-2-4-13-7-9-16(10-8-13)20-18-15(12-19)11-14-5-3-6-17(14)21-18/h11,13,16H,2-10H2,1H3,(H,20,21). The van der Waals surface area contributed by atoms with Crippen molar-refractivity contribution in [2.75, 3.05) is 5.32 Å². The molecule has 1 aromatic heterocycles. The van der Waals surface area contributed by atoms with Crippen LogP contribution in [0, 0.1) is 17.2 Å². The Bertz CT molecular complexity index is 536. The number of pyridine rings is 1. The fourth-order valence-electron chi connectivity index (χ4n) is 3.86. The average Bonchev–Trinajstić information content (AvgIpc) is 2.96. The molecule has 0 saturated heterocycles. The van der Waals surface area contributed by atoms with E-state index in [-0.39, 0.29) is 0 Å². The molecule has 1 fully saturated rings. The van der Waals surface area contributed by atoms with Crippen LogP contribution in [0.3, 0.4) is 0 Å². The fraction of sp³-hybridized carbons (Fsp3) is 0.667. The smallest absolute Gasteiger partial charge is 0.144 e. The largest absolute Gasteiger partial charge is 0.366 e. The highest BCUT2D eigenvalue weighted by atomic mass is 15.0. The number of nitriles is 1. The van der Waals surface area contributed by atoms with Gasteiger partial charge < -0.3 is 5.32 Å². The van der Waals surface area contributed by atoms with Gasteiger partial charge in [0.2, 0.25) is 0 Å². The molecule has 0 spiro atoms. The maximum Gasteiger partial charge on any atom is 0.144 e. The van der Waals surface area contributed by atoms with Gasteiger partial charge in [-0.05, 0) is 62.5 Å². The Hall–Kier alpha value is -1.56. The molecule has 0 bridgehead atoms. The van der Waals surface area contributed by atoms with Crippen LogP contribution in [0.5, 0.6) is 0 Å². The minimum absolute atomic E-state index is 0.497. The molecular formula is C18H25N3. The number of nitrogens with one attached hydrogen (secondary N) is 1. The van der Waals surface area contributed by atoms with Gasteiger partial charge in [0.05, 0.1) is 5.56 Å². The van der Waals surface area contributed by atoms with Crippen LogP contribution < -0.4 is 5.32 Å². The van der Waals surface area contributed by atoms with Crippen molar-refractivity contribution in [2.45, 2.75) is 70.8 Å². The van der Waals surface area contributed by atoms with Crippen molar-refractivity contribution in [1.29, 1.82) is 5.26 Å². The van der Waals surface area contributed by atoms with Crippen LogP contribution in [-0.2, 0) is 12.8 Å². The summed E-state index contributed by atoms with van der Waals surface area (Å²) in [5.41, 5.74) is 3.21. The third-order valence-electron chi connectivity index (χ3n) is 5.06. The number of anilines is 1. The van der Waals surface area contributed by atoms with Crippen LogP contribution in [0.4, 0.5) is 5.82 Å². The van der Waals surface area contributed by atoms with Crippen LogP contribution in [0.15, 0.2) is 6.07 Å². The summed E-state index contributed by atoms with van der Waals surface area (Å²) in [6, 6.07) is 4.87. The Morgan fingerprint density at radius 2 is 2.10 bits per heavy atom. The minimum Gasteiger partial charge on any atom is -0.366 e. The molecule has 0 radical (unpaired) electrons. The normalized spacial score (nSPS) is 24.4. The second-order valence-corrected chi connectivity index (χ2v) is 6.61. The lowest BCUT2D eigenvalue weighted by atomic mass is 9.83. The molecule has 2 aliphatic rings. The molecule has 0 unspecified atom stereocenters. The van der Waals surface area contributed by atoms with E-state index in [1.54, 1.807) is 0 Å². The topological polar surface area (TPSA) is 48.7 Å². The molecule has 3 nitrogen and oxygen atoms in total. The Balaban J connectivity index is 1.67. The Morgan fingerprint density at radius 1 is 1.29 bits per heavy atom. The molecule has 21 heavy (non-hydrogen) atoms. The van der Waals surface area contributed by atoms with Gasteiger partial charge >= 0.3 is 0 Å². The number of nitrogens with zero attached hydrogens (tertiary/aromatic N) is 2. The molecule has 0 aromatic carbocycles. The van der Waals surface area contributed by atoms with Gasteiger partial charge in [-0.2, -0.15) is 5.26 Å². The highest BCUT2D eigenvalue weighted by Gasteiger charge is 2.23. The van der Waals surface area contributed by atoms with Gasteiger partial charge in [-0.3, -0.25) is 0 Å². The predicted molar refractivity (Wildman–Crippen MR) is 85.3 cm³/mol. The van der Waals surface area contributed by atoms with E-state index in [1.165, 1.54) is 56.2 Å². The zero-order chi connectivity index (χ0) is 14.7.